The Morgan fingerprint density at radius 2 is 1.93 bits per heavy atom. The summed E-state index contributed by atoms with van der Waals surface area (Å²) in [5.74, 6) is 0.585. The van der Waals surface area contributed by atoms with Gasteiger partial charge in [-0.15, -0.1) is 10.2 Å². The minimum Gasteiger partial charge on any atom is -0.370 e. The van der Waals surface area contributed by atoms with Crippen LogP contribution >= 0.6 is 0 Å². The zero-order valence-corrected chi connectivity index (χ0v) is 17.6. The zero-order valence-electron chi connectivity index (χ0n) is 16.8. The highest BCUT2D eigenvalue weighted by molar-refractivity contribution is 7.92. The molecule has 0 radical (unpaired) electrons. The molecule has 1 N–H and O–H groups in total. The highest BCUT2D eigenvalue weighted by atomic mass is 32.2. The smallest absolute Gasteiger partial charge is 0.293 e. The number of hydrogen-bond donors (Lipinski definition) is 1. The molecule has 1 aromatic heterocycles. The number of nitrogens with zero attached hydrogens (tertiary/aromatic N) is 5. The first kappa shape index (κ1) is 21.2. The number of sulfonamides is 1. The number of para-hydroxylation sites is 1. The number of anilines is 2. The van der Waals surface area contributed by atoms with Gasteiger partial charge in [-0.3, -0.25) is 14.4 Å². The van der Waals surface area contributed by atoms with Crippen molar-refractivity contribution in [3.8, 4) is 0 Å². The van der Waals surface area contributed by atoms with Crippen LogP contribution in [0.15, 0.2) is 59.8 Å². The van der Waals surface area contributed by atoms with Crippen molar-refractivity contribution in [2.45, 2.75) is 24.8 Å². The van der Waals surface area contributed by atoms with Crippen LogP contribution in [0.4, 0.5) is 17.1 Å². The second kappa shape index (κ2) is 8.49. The first-order chi connectivity index (χ1) is 14.3. The van der Waals surface area contributed by atoms with E-state index in [1.807, 2.05) is 0 Å². The Morgan fingerprint density at radius 3 is 2.50 bits per heavy atom. The van der Waals surface area contributed by atoms with E-state index in [-0.39, 0.29) is 28.9 Å². The molecule has 158 valence electrons. The second-order valence-electron chi connectivity index (χ2n) is 6.61. The third-order valence-electron chi connectivity index (χ3n) is 4.59. The lowest BCUT2D eigenvalue weighted by atomic mass is 10.2. The fourth-order valence-electron chi connectivity index (χ4n) is 3.14. The van der Waals surface area contributed by atoms with Gasteiger partial charge in [0.05, 0.1) is 21.5 Å². The molecule has 0 aliphatic heterocycles. The van der Waals surface area contributed by atoms with Crippen LogP contribution in [0, 0.1) is 10.1 Å². The van der Waals surface area contributed by atoms with Crippen LogP contribution < -0.4 is 9.62 Å². The Kier molecular flexibility index (Phi) is 6.01. The summed E-state index contributed by atoms with van der Waals surface area (Å²) in [5.41, 5.74) is 0.340. The van der Waals surface area contributed by atoms with E-state index in [2.05, 4.69) is 15.5 Å². The van der Waals surface area contributed by atoms with E-state index in [9.17, 15) is 18.5 Å². The summed E-state index contributed by atoms with van der Waals surface area (Å²) in [5, 5.41) is 22.5. The maximum atomic E-state index is 13.2. The average Bonchev–Trinajstić information content (AvgIpc) is 3.15. The SMILES string of the molecule is CCN(c1ccccc1)S(=O)(=O)c1ccc(N[C@@H](C)c2nncn2C)c([N+](=O)[O-])c1. The van der Waals surface area contributed by atoms with Crippen molar-refractivity contribution >= 4 is 27.1 Å². The number of nitrogens with one attached hydrogen (secondary N) is 1. The third-order valence-corrected chi connectivity index (χ3v) is 6.49. The van der Waals surface area contributed by atoms with Gasteiger partial charge in [-0.1, -0.05) is 18.2 Å². The predicted octanol–water partition coefficient (Wildman–Crippen LogP) is 3.11. The standard InChI is InChI=1S/C19H22N6O4S/c1-4-24(15-8-6-5-7-9-15)30(28,29)16-10-11-17(18(12-16)25(26)27)21-14(2)19-22-20-13-23(19)3/h5-14,21H,4H2,1-3H3/t14-/m0/s1. The van der Waals surface area contributed by atoms with E-state index >= 15 is 0 Å². The van der Waals surface area contributed by atoms with E-state index in [0.29, 0.717) is 11.5 Å². The molecular formula is C19H22N6O4S. The summed E-state index contributed by atoms with van der Waals surface area (Å²) < 4.78 is 29.2. The lowest BCUT2D eigenvalue weighted by Gasteiger charge is -2.23. The highest BCUT2D eigenvalue weighted by Crippen LogP contribution is 2.32. The van der Waals surface area contributed by atoms with Gasteiger partial charge in [0.15, 0.2) is 5.82 Å². The molecule has 3 aromatic rings. The molecule has 0 saturated carbocycles. The fraction of sp³-hybridized carbons (Fsp3) is 0.263. The van der Waals surface area contributed by atoms with Gasteiger partial charge in [0.1, 0.15) is 12.0 Å². The van der Waals surface area contributed by atoms with E-state index < -0.39 is 14.9 Å². The van der Waals surface area contributed by atoms with Crippen molar-refractivity contribution in [2.24, 2.45) is 7.05 Å². The van der Waals surface area contributed by atoms with Crippen molar-refractivity contribution in [3.63, 3.8) is 0 Å². The first-order valence-electron chi connectivity index (χ1n) is 9.22. The molecule has 10 nitrogen and oxygen atoms in total. The summed E-state index contributed by atoms with van der Waals surface area (Å²) in [6.07, 6.45) is 1.53. The molecule has 0 unspecified atom stereocenters. The lowest BCUT2D eigenvalue weighted by molar-refractivity contribution is -0.384. The summed E-state index contributed by atoms with van der Waals surface area (Å²) in [4.78, 5) is 10.9. The molecule has 0 spiro atoms. The predicted molar refractivity (Wildman–Crippen MR) is 113 cm³/mol. The Hall–Kier alpha value is -3.47. The molecule has 1 atom stereocenters. The number of benzene rings is 2. The molecule has 11 heteroatoms. The lowest BCUT2D eigenvalue weighted by Crippen LogP contribution is -2.30. The molecule has 30 heavy (non-hydrogen) atoms. The van der Waals surface area contributed by atoms with Gasteiger partial charge in [-0.2, -0.15) is 0 Å². The Balaban J connectivity index is 1.98. The topological polar surface area (TPSA) is 123 Å². The summed E-state index contributed by atoms with van der Waals surface area (Å²) in [6.45, 7) is 3.67. The monoisotopic (exact) mass is 430 g/mol. The van der Waals surface area contributed by atoms with Gasteiger partial charge in [0.2, 0.25) is 0 Å². The molecule has 0 amide bonds. The number of aromatic nitrogens is 3. The van der Waals surface area contributed by atoms with E-state index in [1.54, 1.807) is 55.8 Å². The molecule has 3 rings (SSSR count). The summed E-state index contributed by atoms with van der Waals surface area (Å²) in [7, 11) is -2.22. The molecule has 0 aliphatic rings. The van der Waals surface area contributed by atoms with E-state index in [1.165, 1.54) is 22.8 Å². The molecule has 2 aromatic carbocycles. The molecule has 0 saturated heterocycles. The van der Waals surface area contributed by atoms with Crippen LogP contribution in [0.2, 0.25) is 0 Å². The van der Waals surface area contributed by atoms with Crippen LogP contribution in [0.1, 0.15) is 25.7 Å². The van der Waals surface area contributed by atoms with Gasteiger partial charge in [-0.25, -0.2) is 8.42 Å². The van der Waals surface area contributed by atoms with Crippen molar-refractivity contribution in [2.75, 3.05) is 16.2 Å². The number of rotatable bonds is 8. The van der Waals surface area contributed by atoms with E-state index in [0.717, 1.165) is 6.07 Å². The van der Waals surface area contributed by atoms with Crippen LogP contribution in [0.25, 0.3) is 0 Å². The average molecular weight is 430 g/mol. The number of nitro benzene ring substituents is 1. The quantitative estimate of drug-likeness (QED) is 0.430. The van der Waals surface area contributed by atoms with Gasteiger partial charge in [-0.05, 0) is 38.1 Å². The van der Waals surface area contributed by atoms with E-state index in [4.69, 9.17) is 0 Å². The van der Waals surface area contributed by atoms with Crippen LogP contribution in [0.5, 0.6) is 0 Å². The third kappa shape index (κ3) is 4.10. The molecule has 0 aliphatic carbocycles. The van der Waals surface area contributed by atoms with Crippen molar-refractivity contribution in [1.82, 2.24) is 14.8 Å². The zero-order chi connectivity index (χ0) is 21.9. The van der Waals surface area contributed by atoms with Gasteiger partial charge in [0.25, 0.3) is 15.7 Å². The van der Waals surface area contributed by atoms with Crippen LogP contribution in [-0.2, 0) is 17.1 Å². The minimum atomic E-state index is -3.98. The number of aryl methyl sites for hydroxylation is 1. The fourth-order valence-corrected chi connectivity index (χ4v) is 4.63. The van der Waals surface area contributed by atoms with Gasteiger partial charge < -0.3 is 9.88 Å². The maximum absolute atomic E-state index is 13.2. The Bertz CT molecular complexity index is 1150. The highest BCUT2D eigenvalue weighted by Gasteiger charge is 2.27. The molecule has 1 heterocycles. The van der Waals surface area contributed by atoms with Crippen LogP contribution in [0.3, 0.4) is 0 Å². The first-order valence-corrected chi connectivity index (χ1v) is 10.7. The van der Waals surface area contributed by atoms with Crippen molar-refractivity contribution in [1.29, 1.82) is 0 Å². The summed E-state index contributed by atoms with van der Waals surface area (Å²) in [6, 6.07) is 12.1. The molecule has 0 bridgehead atoms. The number of nitro groups is 1. The second-order valence-corrected chi connectivity index (χ2v) is 8.47. The van der Waals surface area contributed by atoms with Crippen molar-refractivity contribution in [3.05, 3.63) is 70.8 Å². The minimum absolute atomic E-state index is 0.156. The number of hydrogen-bond acceptors (Lipinski definition) is 7. The summed E-state index contributed by atoms with van der Waals surface area (Å²) >= 11 is 0. The molecular weight excluding hydrogens is 408 g/mol. The molecule has 0 fully saturated rings. The normalized spacial score (nSPS) is 12.4. The Labute approximate surface area is 174 Å². The van der Waals surface area contributed by atoms with Gasteiger partial charge >= 0.3 is 0 Å². The maximum Gasteiger partial charge on any atom is 0.293 e. The largest absolute Gasteiger partial charge is 0.370 e. The Morgan fingerprint density at radius 1 is 1.23 bits per heavy atom. The van der Waals surface area contributed by atoms with Gasteiger partial charge in [0, 0.05) is 19.7 Å². The van der Waals surface area contributed by atoms with Crippen molar-refractivity contribution < 1.29 is 13.3 Å². The van der Waals surface area contributed by atoms with Crippen LogP contribution in [-0.4, -0.2) is 34.7 Å².